The van der Waals surface area contributed by atoms with E-state index in [0.29, 0.717) is 10.6 Å². The highest BCUT2D eigenvalue weighted by Gasteiger charge is 2.53. The van der Waals surface area contributed by atoms with Crippen molar-refractivity contribution < 1.29 is 13.7 Å². The molecule has 3 nitrogen and oxygen atoms in total. The van der Waals surface area contributed by atoms with Crippen LogP contribution in [0.25, 0.3) is 0 Å². The maximum Gasteiger partial charge on any atom is 0.480 e. The minimum atomic E-state index is -0.622. The predicted octanol–water partition coefficient (Wildman–Crippen LogP) is 3.11. The van der Waals surface area contributed by atoms with Crippen LogP contribution in [0, 0.1) is 5.82 Å². The largest absolute Gasteiger partial charge is 0.480 e. The average Bonchev–Trinajstić information content (AvgIpc) is 2.45. The van der Waals surface area contributed by atoms with Crippen LogP contribution in [0.1, 0.15) is 39.2 Å². The summed E-state index contributed by atoms with van der Waals surface area (Å²) >= 11 is 5.84. The van der Waals surface area contributed by atoms with Crippen molar-refractivity contribution >= 4 is 18.7 Å². The zero-order valence-corrected chi connectivity index (χ0v) is 12.3. The number of hydrogen-bond donors (Lipinski definition) is 1. The fraction of sp³-hybridized carbons (Fsp3) is 0.538. The standard InChI is InChI=1S/C13H18BClFNO2/c1-12(2)13(3,4)19-14(18-12)11(17)8-5-9(15)7-10(16)6-8/h5-7,11H,17H2,1-4H3/t11-/m1/s1. The van der Waals surface area contributed by atoms with Crippen molar-refractivity contribution in [2.75, 3.05) is 0 Å². The van der Waals surface area contributed by atoms with E-state index in [2.05, 4.69) is 0 Å². The lowest BCUT2D eigenvalue weighted by molar-refractivity contribution is 0.00578. The molecule has 0 aromatic heterocycles. The number of hydrogen-bond acceptors (Lipinski definition) is 3. The first-order valence-electron chi connectivity index (χ1n) is 6.20. The number of halogens is 2. The lowest BCUT2D eigenvalue weighted by Crippen LogP contribution is -2.41. The molecule has 1 atom stereocenters. The van der Waals surface area contributed by atoms with Gasteiger partial charge in [0, 0.05) is 5.02 Å². The summed E-state index contributed by atoms with van der Waals surface area (Å²) in [5.74, 6) is -1.01. The van der Waals surface area contributed by atoms with E-state index in [4.69, 9.17) is 26.6 Å². The van der Waals surface area contributed by atoms with Gasteiger partial charge in [0.2, 0.25) is 0 Å². The van der Waals surface area contributed by atoms with Crippen LogP contribution in [0.3, 0.4) is 0 Å². The third kappa shape index (κ3) is 2.79. The molecule has 0 spiro atoms. The summed E-state index contributed by atoms with van der Waals surface area (Å²) in [5.41, 5.74) is 5.73. The van der Waals surface area contributed by atoms with E-state index < -0.39 is 30.1 Å². The Morgan fingerprint density at radius 2 is 1.68 bits per heavy atom. The molecule has 0 bridgehead atoms. The number of benzene rings is 1. The summed E-state index contributed by atoms with van der Waals surface area (Å²) in [6, 6.07) is 4.21. The molecule has 104 valence electrons. The van der Waals surface area contributed by atoms with Gasteiger partial charge in [0.25, 0.3) is 0 Å². The normalized spacial score (nSPS) is 22.6. The summed E-state index contributed by atoms with van der Waals surface area (Å²) in [7, 11) is -0.622. The van der Waals surface area contributed by atoms with Crippen LogP contribution in [-0.2, 0) is 9.31 Å². The second-order valence-corrected chi connectivity index (χ2v) is 6.29. The summed E-state index contributed by atoms with van der Waals surface area (Å²) < 4.78 is 25.1. The van der Waals surface area contributed by atoms with Gasteiger partial charge in [-0.25, -0.2) is 4.39 Å². The van der Waals surface area contributed by atoms with Crippen molar-refractivity contribution in [1.82, 2.24) is 0 Å². The van der Waals surface area contributed by atoms with Crippen LogP contribution in [0.2, 0.25) is 5.02 Å². The molecule has 2 N–H and O–H groups in total. The second kappa shape index (κ2) is 4.74. The zero-order chi connectivity index (χ0) is 14.4. The molecule has 1 aliphatic heterocycles. The molecule has 0 amide bonds. The van der Waals surface area contributed by atoms with Gasteiger partial charge in [0.15, 0.2) is 0 Å². The highest BCUT2D eigenvalue weighted by atomic mass is 35.5. The van der Waals surface area contributed by atoms with Gasteiger partial charge in [0.1, 0.15) is 5.82 Å². The molecule has 1 saturated heterocycles. The quantitative estimate of drug-likeness (QED) is 0.849. The lowest BCUT2D eigenvalue weighted by atomic mass is 9.75. The summed E-state index contributed by atoms with van der Waals surface area (Å²) in [6.07, 6.45) is 0. The van der Waals surface area contributed by atoms with Gasteiger partial charge in [-0.3, -0.25) is 0 Å². The lowest BCUT2D eigenvalue weighted by Gasteiger charge is -2.32. The molecule has 1 aliphatic rings. The Balaban J connectivity index is 2.24. The fourth-order valence-corrected chi connectivity index (χ4v) is 2.19. The smallest absolute Gasteiger partial charge is 0.402 e. The van der Waals surface area contributed by atoms with Crippen LogP contribution < -0.4 is 5.73 Å². The van der Waals surface area contributed by atoms with Gasteiger partial charge in [-0.1, -0.05) is 11.6 Å². The first kappa shape index (κ1) is 14.8. The fourth-order valence-electron chi connectivity index (χ4n) is 1.96. The Morgan fingerprint density at radius 3 is 2.16 bits per heavy atom. The minimum absolute atomic E-state index is 0.307. The topological polar surface area (TPSA) is 44.5 Å². The molecule has 1 heterocycles. The maximum absolute atomic E-state index is 13.4. The highest BCUT2D eigenvalue weighted by molar-refractivity contribution is 6.47. The van der Waals surface area contributed by atoms with Gasteiger partial charge in [-0.15, -0.1) is 0 Å². The van der Waals surface area contributed by atoms with Crippen molar-refractivity contribution in [2.24, 2.45) is 5.73 Å². The Labute approximate surface area is 118 Å². The predicted molar refractivity (Wildman–Crippen MR) is 74.4 cm³/mol. The van der Waals surface area contributed by atoms with Gasteiger partial charge in [-0.05, 0) is 51.5 Å². The van der Waals surface area contributed by atoms with E-state index in [-0.39, 0.29) is 0 Å². The molecule has 19 heavy (non-hydrogen) atoms. The Kier molecular flexibility index (Phi) is 3.69. The molecule has 0 saturated carbocycles. The monoisotopic (exact) mass is 285 g/mol. The first-order chi connectivity index (χ1) is 8.62. The Hall–Kier alpha value is -0.615. The molecule has 0 unspecified atom stereocenters. The molecular formula is C13H18BClFNO2. The zero-order valence-electron chi connectivity index (χ0n) is 11.5. The first-order valence-corrected chi connectivity index (χ1v) is 6.57. The van der Waals surface area contributed by atoms with E-state index in [1.54, 1.807) is 6.07 Å². The molecule has 6 heteroatoms. The van der Waals surface area contributed by atoms with Crippen LogP contribution in [-0.4, -0.2) is 18.3 Å². The minimum Gasteiger partial charge on any atom is -0.402 e. The third-order valence-corrected chi connectivity index (χ3v) is 4.05. The van der Waals surface area contributed by atoms with Gasteiger partial charge in [0.05, 0.1) is 17.1 Å². The average molecular weight is 286 g/mol. The second-order valence-electron chi connectivity index (χ2n) is 5.85. The molecule has 0 aliphatic carbocycles. The summed E-state index contributed by atoms with van der Waals surface area (Å²) in [4.78, 5) is 0. The van der Waals surface area contributed by atoms with Crippen molar-refractivity contribution in [3.05, 3.63) is 34.6 Å². The highest BCUT2D eigenvalue weighted by Crippen LogP contribution is 2.39. The number of nitrogens with two attached hydrogens (primary N) is 1. The summed E-state index contributed by atoms with van der Waals surface area (Å²) in [6.45, 7) is 7.77. The van der Waals surface area contributed by atoms with Crippen molar-refractivity contribution in [1.29, 1.82) is 0 Å². The van der Waals surface area contributed by atoms with E-state index in [9.17, 15) is 4.39 Å². The molecule has 0 radical (unpaired) electrons. The number of rotatable bonds is 2. The molecule has 1 aromatic carbocycles. The van der Waals surface area contributed by atoms with Gasteiger partial charge in [-0.2, -0.15) is 0 Å². The van der Waals surface area contributed by atoms with E-state index in [1.165, 1.54) is 12.1 Å². The maximum atomic E-state index is 13.4. The molecule has 2 rings (SSSR count). The van der Waals surface area contributed by atoms with Gasteiger partial charge >= 0.3 is 7.12 Å². The molecule has 1 aromatic rings. The van der Waals surface area contributed by atoms with E-state index in [1.807, 2.05) is 27.7 Å². The Morgan fingerprint density at radius 1 is 1.16 bits per heavy atom. The van der Waals surface area contributed by atoms with E-state index >= 15 is 0 Å². The van der Waals surface area contributed by atoms with Crippen LogP contribution in [0.5, 0.6) is 0 Å². The molecule has 1 fully saturated rings. The van der Waals surface area contributed by atoms with Crippen LogP contribution in [0.15, 0.2) is 18.2 Å². The van der Waals surface area contributed by atoms with Gasteiger partial charge < -0.3 is 15.0 Å². The Bertz CT molecular complexity index is 459. The van der Waals surface area contributed by atoms with E-state index in [0.717, 1.165) is 0 Å². The third-order valence-electron chi connectivity index (χ3n) is 3.83. The van der Waals surface area contributed by atoms with Crippen molar-refractivity contribution in [3.63, 3.8) is 0 Å². The summed E-state index contributed by atoms with van der Waals surface area (Å²) in [5, 5.41) is 0.307. The van der Waals surface area contributed by atoms with Crippen molar-refractivity contribution in [2.45, 2.75) is 44.8 Å². The SMILES string of the molecule is CC1(C)OB([C@H](N)c2cc(F)cc(Cl)c2)OC1(C)C. The van der Waals surface area contributed by atoms with Crippen molar-refractivity contribution in [3.8, 4) is 0 Å². The molecular weight excluding hydrogens is 267 g/mol. The van der Waals surface area contributed by atoms with Crippen LogP contribution >= 0.6 is 11.6 Å². The van der Waals surface area contributed by atoms with Crippen LogP contribution in [0.4, 0.5) is 4.39 Å².